The van der Waals surface area contributed by atoms with Gasteiger partial charge in [-0.1, -0.05) is 18.1 Å². The number of morpholine rings is 1. The van der Waals surface area contributed by atoms with E-state index in [1.807, 2.05) is 16.5 Å². The highest BCUT2D eigenvalue weighted by molar-refractivity contribution is 5.93. The van der Waals surface area contributed by atoms with Crippen molar-refractivity contribution in [1.82, 2.24) is 25.2 Å². The molecule has 1 saturated carbocycles. The van der Waals surface area contributed by atoms with Crippen LogP contribution in [0.15, 0.2) is 0 Å². The maximum atomic E-state index is 13.1. The Bertz CT molecular complexity index is 600. The summed E-state index contributed by atoms with van der Waals surface area (Å²) >= 11 is 0. The molecular formula is C17H28ClN5O2. The largest absolute Gasteiger partial charge is 0.374 e. The van der Waals surface area contributed by atoms with Crippen LogP contribution in [-0.4, -0.2) is 64.2 Å². The molecule has 8 heteroatoms. The van der Waals surface area contributed by atoms with Crippen molar-refractivity contribution >= 4 is 18.3 Å². The Kier molecular flexibility index (Phi) is 5.96. The first-order chi connectivity index (χ1) is 11.8. The second-order valence-electron chi connectivity index (χ2n) is 7.21. The van der Waals surface area contributed by atoms with E-state index in [0.29, 0.717) is 24.9 Å². The molecule has 25 heavy (non-hydrogen) atoms. The number of nitrogens with zero attached hydrogens (tertiary/aromatic N) is 4. The van der Waals surface area contributed by atoms with E-state index in [0.717, 1.165) is 44.5 Å². The minimum atomic E-state index is 0. The molecule has 1 aliphatic carbocycles. The van der Waals surface area contributed by atoms with Crippen molar-refractivity contribution in [3.63, 3.8) is 0 Å². The SMILES string of the molecule is Cc1c(C(=O)N2CCOC3CCCCC32)nnn1C1CCNCC1.Cl. The first kappa shape index (κ1) is 18.6. The summed E-state index contributed by atoms with van der Waals surface area (Å²) in [5.74, 6) is 0.0351. The quantitative estimate of drug-likeness (QED) is 0.859. The molecule has 2 aliphatic heterocycles. The van der Waals surface area contributed by atoms with Gasteiger partial charge in [0.05, 0.1) is 30.5 Å². The Morgan fingerprint density at radius 2 is 1.96 bits per heavy atom. The molecule has 0 radical (unpaired) electrons. The number of fused-ring (bicyclic) bond motifs is 1. The number of ether oxygens (including phenoxy) is 1. The van der Waals surface area contributed by atoms with Crippen LogP contribution < -0.4 is 5.32 Å². The molecule has 3 aliphatic rings. The van der Waals surface area contributed by atoms with Gasteiger partial charge < -0.3 is 15.0 Å². The van der Waals surface area contributed by atoms with Gasteiger partial charge in [0.25, 0.3) is 5.91 Å². The molecule has 2 unspecified atom stereocenters. The second-order valence-corrected chi connectivity index (χ2v) is 7.21. The molecule has 1 amide bonds. The van der Waals surface area contributed by atoms with Crippen LogP contribution in [0.2, 0.25) is 0 Å². The third-order valence-electron chi connectivity index (χ3n) is 5.78. The molecule has 0 aromatic carbocycles. The van der Waals surface area contributed by atoms with Gasteiger partial charge in [0.2, 0.25) is 0 Å². The Morgan fingerprint density at radius 3 is 2.76 bits per heavy atom. The fraction of sp³-hybridized carbons (Fsp3) is 0.824. The minimum Gasteiger partial charge on any atom is -0.374 e. The van der Waals surface area contributed by atoms with E-state index >= 15 is 0 Å². The summed E-state index contributed by atoms with van der Waals surface area (Å²) in [6.45, 7) is 5.28. The van der Waals surface area contributed by atoms with Gasteiger partial charge in [-0.15, -0.1) is 17.5 Å². The van der Waals surface area contributed by atoms with Crippen LogP contribution in [0.1, 0.15) is 60.7 Å². The lowest BCUT2D eigenvalue weighted by molar-refractivity contribution is -0.0754. The molecule has 1 aromatic heterocycles. The second kappa shape index (κ2) is 8.01. The maximum Gasteiger partial charge on any atom is 0.276 e. The van der Waals surface area contributed by atoms with Crippen LogP contribution in [0.4, 0.5) is 0 Å². The van der Waals surface area contributed by atoms with Crippen molar-refractivity contribution in [3.8, 4) is 0 Å². The highest BCUT2D eigenvalue weighted by Gasteiger charge is 2.38. The number of carbonyl (C=O) groups is 1. The molecule has 7 nitrogen and oxygen atoms in total. The van der Waals surface area contributed by atoms with E-state index in [1.165, 1.54) is 12.8 Å². The van der Waals surface area contributed by atoms with E-state index in [2.05, 4.69) is 15.6 Å². The summed E-state index contributed by atoms with van der Waals surface area (Å²) in [5.41, 5.74) is 1.44. The summed E-state index contributed by atoms with van der Waals surface area (Å²) in [5, 5.41) is 11.9. The van der Waals surface area contributed by atoms with Crippen molar-refractivity contribution in [1.29, 1.82) is 0 Å². The summed E-state index contributed by atoms with van der Waals surface area (Å²) in [6.07, 6.45) is 6.77. The predicted molar refractivity (Wildman–Crippen MR) is 96.2 cm³/mol. The van der Waals surface area contributed by atoms with Gasteiger partial charge in [-0.2, -0.15) is 0 Å². The summed E-state index contributed by atoms with van der Waals surface area (Å²) in [4.78, 5) is 15.1. The van der Waals surface area contributed by atoms with Crippen LogP contribution in [0, 0.1) is 6.92 Å². The van der Waals surface area contributed by atoms with Crippen molar-refractivity contribution in [2.75, 3.05) is 26.2 Å². The molecule has 1 aromatic rings. The van der Waals surface area contributed by atoms with Gasteiger partial charge in [-0.25, -0.2) is 4.68 Å². The first-order valence-corrected chi connectivity index (χ1v) is 9.31. The first-order valence-electron chi connectivity index (χ1n) is 9.31. The fourth-order valence-electron chi connectivity index (χ4n) is 4.42. The fourth-order valence-corrected chi connectivity index (χ4v) is 4.42. The average molecular weight is 370 g/mol. The normalized spacial score (nSPS) is 27.5. The zero-order valence-corrected chi connectivity index (χ0v) is 15.6. The average Bonchev–Trinajstić information content (AvgIpc) is 3.03. The summed E-state index contributed by atoms with van der Waals surface area (Å²) < 4.78 is 7.85. The zero-order valence-electron chi connectivity index (χ0n) is 14.8. The van der Waals surface area contributed by atoms with Gasteiger partial charge in [-0.3, -0.25) is 4.79 Å². The summed E-state index contributed by atoms with van der Waals surface area (Å²) in [7, 11) is 0. The number of piperidine rings is 1. The van der Waals surface area contributed by atoms with Crippen LogP contribution in [0.3, 0.4) is 0 Å². The smallest absolute Gasteiger partial charge is 0.276 e. The molecule has 2 atom stereocenters. The molecule has 140 valence electrons. The molecule has 3 heterocycles. The van der Waals surface area contributed by atoms with E-state index in [-0.39, 0.29) is 30.5 Å². The van der Waals surface area contributed by atoms with Crippen molar-refractivity contribution < 1.29 is 9.53 Å². The number of aromatic nitrogens is 3. The van der Waals surface area contributed by atoms with Crippen LogP contribution >= 0.6 is 12.4 Å². The molecule has 0 bridgehead atoms. The Labute approximate surface area is 154 Å². The number of amides is 1. The van der Waals surface area contributed by atoms with E-state index in [9.17, 15) is 4.79 Å². The molecule has 4 rings (SSSR count). The summed E-state index contributed by atoms with van der Waals surface area (Å²) in [6, 6.07) is 0.566. The lowest BCUT2D eigenvalue weighted by Crippen LogP contribution is -2.55. The van der Waals surface area contributed by atoms with Gasteiger partial charge in [0.1, 0.15) is 0 Å². The number of carbonyl (C=O) groups excluding carboxylic acids is 1. The van der Waals surface area contributed by atoms with Crippen molar-refractivity contribution in [3.05, 3.63) is 11.4 Å². The van der Waals surface area contributed by atoms with E-state index in [4.69, 9.17) is 4.74 Å². The van der Waals surface area contributed by atoms with E-state index < -0.39 is 0 Å². The number of hydrogen-bond donors (Lipinski definition) is 1. The third-order valence-corrected chi connectivity index (χ3v) is 5.78. The number of nitrogens with one attached hydrogen (secondary N) is 1. The van der Waals surface area contributed by atoms with Crippen LogP contribution in [0.5, 0.6) is 0 Å². The number of hydrogen-bond acceptors (Lipinski definition) is 5. The standard InChI is InChI=1S/C17H27N5O2.ClH/c1-12-16(19-20-22(12)13-6-8-18-9-7-13)17(23)21-10-11-24-15-5-3-2-4-14(15)21;/h13-15,18H,2-11H2,1H3;1H. The molecular weight excluding hydrogens is 342 g/mol. The molecule has 3 fully saturated rings. The van der Waals surface area contributed by atoms with Gasteiger partial charge in [0, 0.05) is 6.54 Å². The van der Waals surface area contributed by atoms with Crippen LogP contribution in [0.25, 0.3) is 0 Å². The third kappa shape index (κ3) is 3.55. The Balaban J connectivity index is 0.00000182. The van der Waals surface area contributed by atoms with Gasteiger partial charge in [-0.05, 0) is 45.7 Å². The van der Waals surface area contributed by atoms with Crippen molar-refractivity contribution in [2.45, 2.75) is 63.6 Å². The zero-order chi connectivity index (χ0) is 16.5. The Hall–Kier alpha value is -1.18. The molecule has 0 spiro atoms. The molecule has 1 N–H and O–H groups in total. The molecule has 2 saturated heterocycles. The van der Waals surface area contributed by atoms with Crippen LogP contribution in [-0.2, 0) is 4.74 Å². The topological polar surface area (TPSA) is 72.3 Å². The Morgan fingerprint density at radius 1 is 1.20 bits per heavy atom. The number of rotatable bonds is 2. The predicted octanol–water partition coefficient (Wildman–Crippen LogP) is 1.72. The highest BCUT2D eigenvalue weighted by atomic mass is 35.5. The van der Waals surface area contributed by atoms with Gasteiger partial charge >= 0.3 is 0 Å². The lowest BCUT2D eigenvalue weighted by atomic mass is 9.90. The maximum absolute atomic E-state index is 13.1. The van der Waals surface area contributed by atoms with E-state index in [1.54, 1.807) is 0 Å². The monoisotopic (exact) mass is 369 g/mol. The minimum absolute atomic E-state index is 0. The lowest BCUT2D eigenvalue weighted by Gasteiger charge is -2.43. The highest BCUT2D eigenvalue weighted by Crippen LogP contribution is 2.30. The van der Waals surface area contributed by atoms with Crippen molar-refractivity contribution in [2.24, 2.45) is 0 Å². The van der Waals surface area contributed by atoms with Gasteiger partial charge in [0.15, 0.2) is 5.69 Å². The number of halogens is 1.